The number of carbonyl (C=O) groups excluding carboxylic acids is 1. The number of hydrogen-bond acceptors (Lipinski definition) is 6. The maximum absolute atomic E-state index is 12.2. The molecule has 3 heterocycles. The van der Waals surface area contributed by atoms with Crippen molar-refractivity contribution in [1.82, 2.24) is 15.0 Å². The topological polar surface area (TPSA) is 79.5 Å². The van der Waals surface area contributed by atoms with Gasteiger partial charge in [-0.1, -0.05) is 18.1 Å². The Hall–Kier alpha value is -1.73. The van der Waals surface area contributed by atoms with Crippen LogP contribution in [-0.4, -0.2) is 45.2 Å². The third kappa shape index (κ3) is 3.36. The van der Waals surface area contributed by atoms with Crippen molar-refractivity contribution < 1.29 is 14.4 Å². The molecule has 2 aromatic heterocycles. The van der Waals surface area contributed by atoms with Gasteiger partial charge in [-0.05, 0) is 23.8 Å². The predicted molar refractivity (Wildman–Crippen MR) is 82.3 cm³/mol. The Kier molecular flexibility index (Phi) is 4.54. The van der Waals surface area contributed by atoms with Crippen molar-refractivity contribution in [1.29, 1.82) is 0 Å². The average Bonchev–Trinajstić information content (AvgIpc) is 3.18. The zero-order chi connectivity index (χ0) is 15.5. The van der Waals surface area contributed by atoms with Crippen LogP contribution in [-0.2, 0) is 11.2 Å². The average molecular weight is 321 g/mol. The minimum atomic E-state index is -0.425. The minimum Gasteiger partial charge on any atom is -0.391 e. The number of amides is 1. The largest absolute Gasteiger partial charge is 0.391 e. The molecule has 0 radical (unpaired) electrons. The molecule has 1 aliphatic heterocycles. The Labute approximate surface area is 132 Å². The maximum atomic E-state index is 12.2. The van der Waals surface area contributed by atoms with Gasteiger partial charge in [0.1, 0.15) is 0 Å². The van der Waals surface area contributed by atoms with Crippen LogP contribution >= 0.6 is 11.3 Å². The van der Waals surface area contributed by atoms with Crippen LogP contribution in [0.2, 0.25) is 0 Å². The molecule has 2 atom stereocenters. The van der Waals surface area contributed by atoms with Gasteiger partial charge in [-0.3, -0.25) is 4.79 Å². The van der Waals surface area contributed by atoms with Crippen LogP contribution in [0.15, 0.2) is 22.0 Å². The number of aryl methyl sites for hydroxylation is 1. The lowest BCUT2D eigenvalue weighted by atomic mass is 9.96. The molecule has 1 aliphatic rings. The molecule has 118 valence electrons. The zero-order valence-electron chi connectivity index (χ0n) is 12.4. The summed E-state index contributed by atoms with van der Waals surface area (Å²) >= 11 is 1.55. The fourth-order valence-electron chi connectivity index (χ4n) is 2.51. The van der Waals surface area contributed by atoms with E-state index in [1.54, 1.807) is 16.2 Å². The first kappa shape index (κ1) is 15.2. The molecule has 7 heteroatoms. The Morgan fingerprint density at radius 3 is 3.18 bits per heavy atom. The van der Waals surface area contributed by atoms with E-state index in [2.05, 4.69) is 10.1 Å². The van der Waals surface area contributed by atoms with E-state index in [1.807, 2.05) is 24.4 Å². The normalized spacial score (nSPS) is 22.0. The molecule has 0 aromatic carbocycles. The number of carbonyl (C=O) groups is 1. The van der Waals surface area contributed by atoms with Gasteiger partial charge in [0.05, 0.1) is 11.0 Å². The molecule has 1 fully saturated rings. The highest BCUT2D eigenvalue weighted by Gasteiger charge is 2.27. The molecule has 0 bridgehead atoms. The summed E-state index contributed by atoms with van der Waals surface area (Å²) in [5.74, 6) is 1.33. The van der Waals surface area contributed by atoms with Crippen LogP contribution in [0.25, 0.3) is 10.7 Å². The zero-order valence-corrected chi connectivity index (χ0v) is 13.3. The summed E-state index contributed by atoms with van der Waals surface area (Å²) in [7, 11) is 0. The third-order valence-corrected chi connectivity index (χ3v) is 4.90. The van der Waals surface area contributed by atoms with E-state index in [-0.39, 0.29) is 11.8 Å². The second-order valence-electron chi connectivity index (χ2n) is 5.66. The Morgan fingerprint density at radius 2 is 2.45 bits per heavy atom. The summed E-state index contributed by atoms with van der Waals surface area (Å²) in [6.45, 7) is 3.14. The first-order chi connectivity index (χ1) is 10.6. The number of β-amino-alcohol motifs (C(OH)–C–C–N with tert-alkyl or cyclic N) is 1. The summed E-state index contributed by atoms with van der Waals surface area (Å²) in [4.78, 5) is 19.2. The summed E-state index contributed by atoms with van der Waals surface area (Å²) in [6.07, 6.45) is 1.18. The molecule has 0 saturated carbocycles. The number of aliphatic hydroxyl groups excluding tert-OH is 1. The lowest BCUT2D eigenvalue weighted by Crippen LogP contribution is -2.45. The van der Waals surface area contributed by atoms with Crippen molar-refractivity contribution in [3.8, 4) is 10.7 Å². The van der Waals surface area contributed by atoms with E-state index in [0.717, 1.165) is 11.3 Å². The van der Waals surface area contributed by atoms with E-state index in [9.17, 15) is 9.90 Å². The monoisotopic (exact) mass is 321 g/mol. The van der Waals surface area contributed by atoms with Gasteiger partial charge in [0.2, 0.25) is 17.6 Å². The van der Waals surface area contributed by atoms with Crippen molar-refractivity contribution in [2.45, 2.75) is 32.3 Å². The number of thiophene rings is 1. The van der Waals surface area contributed by atoms with Gasteiger partial charge in [-0.25, -0.2) is 0 Å². The van der Waals surface area contributed by atoms with Crippen LogP contribution in [0.4, 0.5) is 0 Å². The van der Waals surface area contributed by atoms with Crippen molar-refractivity contribution in [2.24, 2.45) is 5.92 Å². The molecule has 22 heavy (non-hydrogen) atoms. The van der Waals surface area contributed by atoms with E-state index in [1.165, 1.54) is 0 Å². The van der Waals surface area contributed by atoms with Crippen molar-refractivity contribution in [2.75, 3.05) is 13.1 Å². The van der Waals surface area contributed by atoms with Crippen molar-refractivity contribution in [3.05, 3.63) is 23.4 Å². The smallest absolute Gasteiger partial charge is 0.227 e. The number of nitrogens with zero attached hydrogens (tertiary/aromatic N) is 3. The first-order valence-electron chi connectivity index (χ1n) is 7.46. The summed E-state index contributed by atoms with van der Waals surface area (Å²) in [5.41, 5.74) is 0. The highest BCUT2D eigenvalue weighted by molar-refractivity contribution is 7.13. The summed E-state index contributed by atoms with van der Waals surface area (Å²) < 4.78 is 5.19. The van der Waals surface area contributed by atoms with E-state index in [0.29, 0.717) is 37.6 Å². The summed E-state index contributed by atoms with van der Waals surface area (Å²) in [6, 6.07) is 3.86. The molecule has 1 N–H and O–H groups in total. The molecule has 1 amide bonds. The van der Waals surface area contributed by atoms with Crippen molar-refractivity contribution >= 4 is 17.2 Å². The summed E-state index contributed by atoms with van der Waals surface area (Å²) in [5, 5.41) is 15.7. The highest BCUT2D eigenvalue weighted by atomic mass is 32.1. The standard InChI is InChI=1S/C15H19N3O3S/c1-10-6-7-18(9-11(10)19)14(20)5-4-13-16-15(17-21-13)12-3-2-8-22-12/h2-3,8,10-11,19H,4-7,9H2,1H3. The predicted octanol–water partition coefficient (Wildman–Crippen LogP) is 1.96. The molecule has 2 unspecified atom stereocenters. The fraction of sp³-hybridized carbons (Fsp3) is 0.533. The lowest BCUT2D eigenvalue weighted by Gasteiger charge is -2.34. The highest BCUT2D eigenvalue weighted by Crippen LogP contribution is 2.22. The second kappa shape index (κ2) is 6.58. The van der Waals surface area contributed by atoms with Crippen LogP contribution in [0, 0.1) is 5.92 Å². The Balaban J connectivity index is 1.53. The van der Waals surface area contributed by atoms with Crippen molar-refractivity contribution in [3.63, 3.8) is 0 Å². The number of aliphatic hydroxyl groups is 1. The number of likely N-dealkylation sites (tertiary alicyclic amines) is 1. The Morgan fingerprint density at radius 1 is 1.59 bits per heavy atom. The molecule has 0 aliphatic carbocycles. The van der Waals surface area contributed by atoms with Crippen LogP contribution in [0.1, 0.15) is 25.7 Å². The molecular weight excluding hydrogens is 302 g/mol. The molecular formula is C15H19N3O3S. The molecule has 6 nitrogen and oxygen atoms in total. The molecule has 1 saturated heterocycles. The van der Waals surface area contributed by atoms with Gasteiger partial charge in [0.25, 0.3) is 0 Å². The van der Waals surface area contributed by atoms with Gasteiger partial charge in [-0.15, -0.1) is 11.3 Å². The number of rotatable bonds is 4. The number of aromatic nitrogens is 2. The Bertz CT molecular complexity index is 626. The number of piperidine rings is 1. The van der Waals surface area contributed by atoms with E-state index < -0.39 is 6.10 Å². The third-order valence-electron chi connectivity index (χ3n) is 4.03. The van der Waals surface area contributed by atoms with Crippen LogP contribution < -0.4 is 0 Å². The van der Waals surface area contributed by atoms with E-state index in [4.69, 9.17) is 4.52 Å². The first-order valence-corrected chi connectivity index (χ1v) is 8.34. The van der Waals surface area contributed by atoms with Gasteiger partial charge in [-0.2, -0.15) is 4.98 Å². The van der Waals surface area contributed by atoms with E-state index >= 15 is 0 Å². The molecule has 2 aromatic rings. The SMILES string of the molecule is CC1CCN(C(=O)CCc2nc(-c3cccs3)no2)CC1O. The van der Waals surface area contributed by atoms with Gasteiger partial charge < -0.3 is 14.5 Å². The van der Waals surface area contributed by atoms with Crippen LogP contribution in [0.3, 0.4) is 0 Å². The quantitative estimate of drug-likeness (QED) is 0.931. The number of hydrogen-bond donors (Lipinski definition) is 1. The minimum absolute atomic E-state index is 0.0295. The van der Waals surface area contributed by atoms with Crippen LogP contribution in [0.5, 0.6) is 0 Å². The molecule has 3 rings (SSSR count). The van der Waals surface area contributed by atoms with Gasteiger partial charge in [0, 0.05) is 25.9 Å². The lowest BCUT2D eigenvalue weighted by molar-refractivity contribution is -0.135. The second-order valence-corrected chi connectivity index (χ2v) is 6.61. The van der Waals surface area contributed by atoms with Gasteiger partial charge >= 0.3 is 0 Å². The maximum Gasteiger partial charge on any atom is 0.227 e. The fourth-order valence-corrected chi connectivity index (χ4v) is 3.16. The molecule has 0 spiro atoms. The van der Waals surface area contributed by atoms with Gasteiger partial charge in [0.15, 0.2) is 0 Å².